The largest absolute Gasteiger partial charge is 0.348 e. The normalized spacial score (nSPS) is 16.7. The lowest BCUT2D eigenvalue weighted by Gasteiger charge is -2.30. The molecular formula is C21H29N7. The fourth-order valence-corrected chi connectivity index (χ4v) is 3.64. The van der Waals surface area contributed by atoms with E-state index in [1.807, 2.05) is 16.8 Å². The molecule has 2 aromatic heterocycles. The molecule has 3 heterocycles. The van der Waals surface area contributed by atoms with Gasteiger partial charge in [-0.1, -0.05) is 44.2 Å². The van der Waals surface area contributed by atoms with Gasteiger partial charge in [0.2, 0.25) is 11.9 Å². The summed E-state index contributed by atoms with van der Waals surface area (Å²) in [5.41, 5.74) is 9.29. The Morgan fingerprint density at radius 1 is 1.07 bits per heavy atom. The number of hydrogen-bond acceptors (Lipinski definition) is 6. The van der Waals surface area contributed by atoms with Crippen LogP contribution < -0.4 is 16.0 Å². The molecule has 0 amide bonds. The molecule has 0 bridgehead atoms. The van der Waals surface area contributed by atoms with Gasteiger partial charge in [0.05, 0.1) is 12.2 Å². The summed E-state index contributed by atoms with van der Waals surface area (Å²) in [4.78, 5) is 12.0. The summed E-state index contributed by atoms with van der Waals surface area (Å²) in [6.07, 6.45) is 3.84. The number of benzene rings is 1. The van der Waals surface area contributed by atoms with Crippen molar-refractivity contribution in [3.05, 3.63) is 47.7 Å². The van der Waals surface area contributed by atoms with Gasteiger partial charge in [-0.2, -0.15) is 19.6 Å². The van der Waals surface area contributed by atoms with Gasteiger partial charge in [0.15, 0.2) is 5.65 Å². The summed E-state index contributed by atoms with van der Waals surface area (Å²) < 4.78 is 1.83. The fraction of sp³-hybridized carbons (Fsp3) is 0.476. The van der Waals surface area contributed by atoms with E-state index in [4.69, 9.17) is 15.7 Å². The van der Waals surface area contributed by atoms with Crippen LogP contribution in [0.15, 0.2) is 36.5 Å². The molecule has 3 aromatic rings. The van der Waals surface area contributed by atoms with E-state index in [1.54, 1.807) is 0 Å². The van der Waals surface area contributed by atoms with Crippen molar-refractivity contribution in [2.45, 2.75) is 51.6 Å². The minimum Gasteiger partial charge on any atom is -0.348 e. The third-order valence-corrected chi connectivity index (χ3v) is 5.47. The first kappa shape index (κ1) is 18.7. The van der Waals surface area contributed by atoms with Crippen LogP contribution in [-0.2, 0) is 0 Å². The minimum atomic E-state index is 0.105. The molecule has 1 unspecified atom stereocenters. The van der Waals surface area contributed by atoms with Crippen LogP contribution in [-0.4, -0.2) is 38.7 Å². The number of fused-ring (bicyclic) bond motifs is 1. The summed E-state index contributed by atoms with van der Waals surface area (Å²) >= 11 is 0. The molecule has 0 aliphatic carbocycles. The second-order valence-corrected chi connectivity index (χ2v) is 7.94. The SMILES string of the molecule is CC(C)c1cnn2c(NC(C)c3ccccc3)nc(N3CCC(N)CC3)nc12. The van der Waals surface area contributed by atoms with Crippen LogP contribution in [0.25, 0.3) is 5.65 Å². The predicted octanol–water partition coefficient (Wildman–Crippen LogP) is 3.35. The van der Waals surface area contributed by atoms with Crippen LogP contribution in [0, 0.1) is 0 Å². The predicted molar refractivity (Wildman–Crippen MR) is 113 cm³/mol. The van der Waals surface area contributed by atoms with E-state index in [-0.39, 0.29) is 12.1 Å². The highest BCUT2D eigenvalue weighted by Crippen LogP contribution is 2.26. The summed E-state index contributed by atoms with van der Waals surface area (Å²) in [7, 11) is 0. The molecule has 1 fully saturated rings. The summed E-state index contributed by atoms with van der Waals surface area (Å²) in [6, 6.07) is 10.7. The van der Waals surface area contributed by atoms with E-state index in [2.05, 4.69) is 60.4 Å². The van der Waals surface area contributed by atoms with Crippen molar-refractivity contribution < 1.29 is 0 Å². The molecule has 0 spiro atoms. The maximum absolute atomic E-state index is 6.08. The third-order valence-electron chi connectivity index (χ3n) is 5.47. The lowest BCUT2D eigenvalue weighted by atomic mass is 10.1. The van der Waals surface area contributed by atoms with Gasteiger partial charge in [-0.05, 0) is 31.2 Å². The fourth-order valence-electron chi connectivity index (χ4n) is 3.64. The second-order valence-electron chi connectivity index (χ2n) is 7.94. The van der Waals surface area contributed by atoms with E-state index >= 15 is 0 Å². The lowest BCUT2D eigenvalue weighted by molar-refractivity contribution is 0.495. The number of piperidine rings is 1. The third kappa shape index (κ3) is 3.67. The van der Waals surface area contributed by atoms with Crippen molar-refractivity contribution in [3.8, 4) is 0 Å². The van der Waals surface area contributed by atoms with Crippen molar-refractivity contribution in [1.29, 1.82) is 0 Å². The Hall–Kier alpha value is -2.67. The van der Waals surface area contributed by atoms with Gasteiger partial charge < -0.3 is 16.0 Å². The average molecular weight is 380 g/mol. The number of nitrogens with two attached hydrogens (primary N) is 1. The quantitative estimate of drug-likeness (QED) is 0.707. The highest BCUT2D eigenvalue weighted by atomic mass is 15.4. The number of nitrogens with zero attached hydrogens (tertiary/aromatic N) is 5. The molecule has 4 rings (SSSR count). The highest BCUT2D eigenvalue weighted by molar-refractivity contribution is 5.56. The van der Waals surface area contributed by atoms with Crippen molar-refractivity contribution >= 4 is 17.5 Å². The second kappa shape index (κ2) is 7.75. The number of nitrogens with one attached hydrogen (secondary N) is 1. The molecule has 1 aliphatic rings. The number of aromatic nitrogens is 4. The van der Waals surface area contributed by atoms with Crippen LogP contribution >= 0.6 is 0 Å². The monoisotopic (exact) mass is 379 g/mol. The molecule has 0 radical (unpaired) electrons. The standard InChI is InChI=1S/C21H29N7/c1-14(2)18-13-23-28-19(18)25-20(27-11-9-17(22)10-12-27)26-21(28)24-15(3)16-7-5-4-6-8-16/h4-8,13-15,17H,9-12,22H2,1-3H3,(H,24,25,26). The van der Waals surface area contributed by atoms with Gasteiger partial charge in [-0.15, -0.1) is 0 Å². The zero-order valence-corrected chi connectivity index (χ0v) is 16.8. The maximum atomic E-state index is 6.08. The van der Waals surface area contributed by atoms with Crippen molar-refractivity contribution in [1.82, 2.24) is 19.6 Å². The molecule has 148 valence electrons. The van der Waals surface area contributed by atoms with Crippen LogP contribution in [0.4, 0.5) is 11.9 Å². The number of hydrogen-bond donors (Lipinski definition) is 2. The molecule has 1 atom stereocenters. The molecule has 1 aliphatic heterocycles. The van der Waals surface area contributed by atoms with Gasteiger partial charge in [-0.25, -0.2) is 0 Å². The van der Waals surface area contributed by atoms with E-state index in [9.17, 15) is 0 Å². The van der Waals surface area contributed by atoms with E-state index < -0.39 is 0 Å². The first-order valence-corrected chi connectivity index (χ1v) is 10.1. The zero-order valence-electron chi connectivity index (χ0n) is 16.8. The van der Waals surface area contributed by atoms with E-state index in [1.165, 1.54) is 5.56 Å². The number of anilines is 2. The molecule has 0 saturated carbocycles. The Bertz CT molecular complexity index is 927. The van der Waals surface area contributed by atoms with Crippen molar-refractivity contribution in [3.63, 3.8) is 0 Å². The molecule has 1 aromatic carbocycles. The minimum absolute atomic E-state index is 0.105. The zero-order chi connectivity index (χ0) is 19.7. The van der Waals surface area contributed by atoms with E-state index in [0.717, 1.165) is 49.0 Å². The Labute approximate surface area is 166 Å². The van der Waals surface area contributed by atoms with Gasteiger partial charge >= 0.3 is 0 Å². The smallest absolute Gasteiger partial charge is 0.230 e. The molecule has 7 heteroatoms. The summed E-state index contributed by atoms with van der Waals surface area (Å²) in [5, 5.41) is 8.12. The van der Waals surface area contributed by atoms with Gasteiger partial charge in [0.25, 0.3) is 0 Å². The number of rotatable bonds is 5. The van der Waals surface area contributed by atoms with Crippen LogP contribution in [0.2, 0.25) is 0 Å². The molecule has 1 saturated heterocycles. The Balaban J connectivity index is 1.73. The van der Waals surface area contributed by atoms with Gasteiger partial charge in [0, 0.05) is 24.7 Å². The van der Waals surface area contributed by atoms with E-state index in [0.29, 0.717) is 5.92 Å². The highest BCUT2D eigenvalue weighted by Gasteiger charge is 2.22. The summed E-state index contributed by atoms with van der Waals surface area (Å²) in [5.74, 6) is 1.82. The van der Waals surface area contributed by atoms with Crippen LogP contribution in [0.5, 0.6) is 0 Å². The Kier molecular flexibility index (Phi) is 5.17. The van der Waals surface area contributed by atoms with Crippen LogP contribution in [0.1, 0.15) is 56.7 Å². The van der Waals surface area contributed by atoms with Gasteiger partial charge in [0.1, 0.15) is 0 Å². The first-order valence-electron chi connectivity index (χ1n) is 10.1. The van der Waals surface area contributed by atoms with Crippen molar-refractivity contribution in [2.75, 3.05) is 23.3 Å². The average Bonchev–Trinajstić information content (AvgIpc) is 3.14. The molecule has 7 nitrogen and oxygen atoms in total. The topological polar surface area (TPSA) is 84.4 Å². The Morgan fingerprint density at radius 3 is 2.46 bits per heavy atom. The lowest BCUT2D eigenvalue weighted by Crippen LogP contribution is -2.40. The van der Waals surface area contributed by atoms with Crippen molar-refractivity contribution in [2.24, 2.45) is 5.73 Å². The molecule has 28 heavy (non-hydrogen) atoms. The summed E-state index contributed by atoms with van der Waals surface area (Å²) in [6.45, 7) is 8.23. The van der Waals surface area contributed by atoms with Gasteiger partial charge in [-0.3, -0.25) is 0 Å². The molecular weight excluding hydrogens is 350 g/mol. The Morgan fingerprint density at radius 2 is 1.79 bits per heavy atom. The molecule has 3 N–H and O–H groups in total. The maximum Gasteiger partial charge on any atom is 0.230 e. The van der Waals surface area contributed by atoms with Crippen LogP contribution in [0.3, 0.4) is 0 Å². The first-order chi connectivity index (χ1) is 13.5.